The number of hydrogen-bond donors (Lipinski definition) is 3. The van der Waals surface area contributed by atoms with Gasteiger partial charge >= 0.3 is 12.0 Å². The minimum Gasteiger partial charge on any atom is -0.481 e. The number of amides is 2. The smallest absolute Gasteiger partial charge is 0.319 e. The van der Waals surface area contributed by atoms with Crippen molar-refractivity contribution in [2.45, 2.75) is 38.6 Å². The third-order valence-electron chi connectivity index (χ3n) is 3.86. The molecule has 3 N–H and O–H groups in total. The number of anilines is 1. The van der Waals surface area contributed by atoms with E-state index in [2.05, 4.69) is 10.6 Å². The zero-order chi connectivity index (χ0) is 15.4. The number of hydrogen-bond acceptors (Lipinski definition) is 2. The molecule has 114 valence electrons. The highest BCUT2D eigenvalue weighted by Gasteiger charge is 2.31. The molecule has 5 nitrogen and oxygen atoms in total. The number of benzene rings is 1. The monoisotopic (exact) mass is 310 g/mol. The van der Waals surface area contributed by atoms with Crippen LogP contribution in [0.2, 0.25) is 5.02 Å². The van der Waals surface area contributed by atoms with Crippen LogP contribution >= 0.6 is 11.6 Å². The Hall–Kier alpha value is -1.75. The number of nitrogens with one attached hydrogen (secondary N) is 2. The highest BCUT2D eigenvalue weighted by Crippen LogP contribution is 2.27. The normalized spacial score (nSPS) is 21.6. The zero-order valence-electron chi connectivity index (χ0n) is 11.9. The molecule has 2 atom stereocenters. The van der Waals surface area contributed by atoms with Crippen LogP contribution in [-0.4, -0.2) is 23.1 Å². The molecule has 0 spiro atoms. The number of carboxylic acids is 1. The topological polar surface area (TPSA) is 78.4 Å². The number of carbonyl (C=O) groups is 2. The van der Waals surface area contributed by atoms with Crippen LogP contribution in [-0.2, 0) is 4.79 Å². The lowest BCUT2D eigenvalue weighted by molar-refractivity contribution is -0.143. The Kier molecular flexibility index (Phi) is 5.07. The summed E-state index contributed by atoms with van der Waals surface area (Å²) in [5.41, 5.74) is 1.41. The van der Waals surface area contributed by atoms with Crippen LogP contribution in [0.25, 0.3) is 0 Å². The summed E-state index contributed by atoms with van der Waals surface area (Å²) < 4.78 is 0. The van der Waals surface area contributed by atoms with Crippen molar-refractivity contribution in [3.05, 3.63) is 28.8 Å². The third-order valence-corrected chi connectivity index (χ3v) is 4.18. The first-order valence-electron chi connectivity index (χ1n) is 7.04. The summed E-state index contributed by atoms with van der Waals surface area (Å²) in [6, 6.07) is 4.61. The summed E-state index contributed by atoms with van der Waals surface area (Å²) in [4.78, 5) is 23.3. The second-order valence-corrected chi connectivity index (χ2v) is 5.77. The van der Waals surface area contributed by atoms with E-state index in [9.17, 15) is 14.7 Å². The predicted molar refractivity (Wildman–Crippen MR) is 81.7 cm³/mol. The molecule has 0 bridgehead atoms. The van der Waals surface area contributed by atoms with E-state index in [0.29, 0.717) is 23.6 Å². The van der Waals surface area contributed by atoms with Crippen molar-refractivity contribution in [1.82, 2.24) is 5.32 Å². The molecule has 1 saturated carbocycles. The summed E-state index contributed by atoms with van der Waals surface area (Å²) in [6.45, 7) is 1.85. The maximum absolute atomic E-state index is 12.1. The second kappa shape index (κ2) is 6.80. The van der Waals surface area contributed by atoms with Crippen LogP contribution in [0, 0.1) is 12.8 Å². The molecule has 0 saturated heterocycles. The lowest BCUT2D eigenvalue weighted by atomic mass is 9.84. The first-order chi connectivity index (χ1) is 9.99. The van der Waals surface area contributed by atoms with E-state index < -0.39 is 17.9 Å². The van der Waals surface area contributed by atoms with E-state index in [1.165, 1.54) is 0 Å². The fourth-order valence-electron chi connectivity index (χ4n) is 2.71. The van der Waals surface area contributed by atoms with Gasteiger partial charge in [-0.1, -0.05) is 36.6 Å². The van der Waals surface area contributed by atoms with Crippen LogP contribution in [0.3, 0.4) is 0 Å². The van der Waals surface area contributed by atoms with E-state index >= 15 is 0 Å². The highest BCUT2D eigenvalue weighted by molar-refractivity contribution is 6.33. The highest BCUT2D eigenvalue weighted by atomic mass is 35.5. The number of rotatable bonds is 3. The number of carbonyl (C=O) groups excluding carboxylic acids is 1. The first kappa shape index (κ1) is 15.6. The van der Waals surface area contributed by atoms with Crippen molar-refractivity contribution in [2.75, 3.05) is 5.32 Å². The Morgan fingerprint density at radius 3 is 2.67 bits per heavy atom. The molecule has 1 aliphatic carbocycles. The SMILES string of the molecule is Cc1cccc(Cl)c1NC(=O)NC1CCCCC1C(=O)O. The molecular weight excluding hydrogens is 292 g/mol. The predicted octanol–water partition coefficient (Wildman–Crippen LogP) is 3.41. The van der Waals surface area contributed by atoms with E-state index in [4.69, 9.17) is 11.6 Å². The van der Waals surface area contributed by atoms with Crippen molar-refractivity contribution < 1.29 is 14.7 Å². The van der Waals surface area contributed by atoms with Gasteiger partial charge < -0.3 is 15.7 Å². The fourth-order valence-corrected chi connectivity index (χ4v) is 2.98. The number of aryl methyl sites for hydroxylation is 1. The average Bonchev–Trinajstić information content (AvgIpc) is 2.43. The molecule has 0 aromatic heterocycles. The molecule has 6 heteroatoms. The van der Waals surface area contributed by atoms with Gasteiger partial charge in [0.15, 0.2) is 0 Å². The van der Waals surface area contributed by atoms with Crippen LogP contribution in [0.4, 0.5) is 10.5 Å². The summed E-state index contributed by atoms with van der Waals surface area (Å²) in [6.07, 6.45) is 3.11. The Labute approximate surface area is 128 Å². The zero-order valence-corrected chi connectivity index (χ0v) is 12.6. The Morgan fingerprint density at radius 2 is 2.00 bits per heavy atom. The van der Waals surface area contributed by atoms with Crippen molar-refractivity contribution in [2.24, 2.45) is 5.92 Å². The van der Waals surface area contributed by atoms with Crippen LogP contribution in [0.1, 0.15) is 31.2 Å². The van der Waals surface area contributed by atoms with E-state index in [1.807, 2.05) is 19.1 Å². The van der Waals surface area contributed by atoms with Crippen molar-refractivity contribution in [3.63, 3.8) is 0 Å². The molecule has 1 aromatic rings. The minimum absolute atomic E-state index is 0.334. The Bertz CT molecular complexity index is 527. The molecule has 1 fully saturated rings. The van der Waals surface area contributed by atoms with E-state index in [-0.39, 0.29) is 6.04 Å². The standard InChI is InChI=1S/C15H19ClN2O3/c1-9-5-4-7-11(16)13(9)18-15(21)17-12-8-3-2-6-10(12)14(19)20/h4-5,7,10,12H,2-3,6,8H2,1H3,(H,19,20)(H2,17,18,21). The number of urea groups is 1. The van der Waals surface area contributed by atoms with Gasteiger partial charge in [0, 0.05) is 6.04 Å². The quantitative estimate of drug-likeness (QED) is 0.800. The second-order valence-electron chi connectivity index (χ2n) is 5.37. The van der Waals surface area contributed by atoms with Gasteiger partial charge in [0.2, 0.25) is 0 Å². The lowest BCUT2D eigenvalue weighted by Gasteiger charge is -2.29. The largest absolute Gasteiger partial charge is 0.481 e. The van der Waals surface area contributed by atoms with Crippen molar-refractivity contribution >= 4 is 29.3 Å². The van der Waals surface area contributed by atoms with Gasteiger partial charge in [0.1, 0.15) is 0 Å². The molecular formula is C15H19ClN2O3. The van der Waals surface area contributed by atoms with Crippen molar-refractivity contribution in [3.8, 4) is 0 Å². The van der Waals surface area contributed by atoms with Gasteiger partial charge in [0.05, 0.1) is 16.6 Å². The number of carboxylic acid groups (broad SMARTS) is 1. The molecule has 2 rings (SSSR count). The lowest BCUT2D eigenvalue weighted by Crippen LogP contribution is -2.46. The molecule has 2 unspecified atom stereocenters. The molecule has 2 amide bonds. The average molecular weight is 311 g/mol. The van der Waals surface area contributed by atoms with Crippen molar-refractivity contribution in [1.29, 1.82) is 0 Å². The van der Waals surface area contributed by atoms with Crippen LogP contribution in [0.5, 0.6) is 0 Å². The van der Waals surface area contributed by atoms with Gasteiger partial charge in [-0.25, -0.2) is 4.79 Å². The molecule has 0 aliphatic heterocycles. The molecule has 1 aliphatic rings. The van der Waals surface area contributed by atoms with Gasteiger partial charge in [0.25, 0.3) is 0 Å². The van der Waals surface area contributed by atoms with E-state index in [1.54, 1.807) is 6.07 Å². The fraction of sp³-hybridized carbons (Fsp3) is 0.467. The summed E-state index contributed by atoms with van der Waals surface area (Å²) in [7, 11) is 0. The first-order valence-corrected chi connectivity index (χ1v) is 7.42. The Balaban J connectivity index is 2.02. The van der Waals surface area contributed by atoms with Gasteiger partial charge in [-0.2, -0.15) is 0 Å². The summed E-state index contributed by atoms with van der Waals surface area (Å²) >= 11 is 6.06. The summed E-state index contributed by atoms with van der Waals surface area (Å²) in [5, 5.41) is 15.1. The van der Waals surface area contributed by atoms with Gasteiger partial charge in [-0.3, -0.25) is 4.79 Å². The molecule has 1 aromatic carbocycles. The number of halogens is 1. The molecule has 0 radical (unpaired) electrons. The maximum atomic E-state index is 12.1. The number of aliphatic carboxylic acids is 1. The van der Waals surface area contributed by atoms with Crippen LogP contribution < -0.4 is 10.6 Å². The molecule has 21 heavy (non-hydrogen) atoms. The maximum Gasteiger partial charge on any atom is 0.319 e. The number of para-hydroxylation sites is 1. The van der Waals surface area contributed by atoms with E-state index in [0.717, 1.165) is 18.4 Å². The van der Waals surface area contributed by atoms with Gasteiger partial charge in [-0.05, 0) is 31.4 Å². The third kappa shape index (κ3) is 3.88. The Morgan fingerprint density at radius 1 is 1.29 bits per heavy atom. The summed E-state index contributed by atoms with van der Waals surface area (Å²) in [5.74, 6) is -1.37. The minimum atomic E-state index is -0.853. The van der Waals surface area contributed by atoms with Gasteiger partial charge in [-0.15, -0.1) is 0 Å². The van der Waals surface area contributed by atoms with Crippen LogP contribution in [0.15, 0.2) is 18.2 Å². The molecule has 0 heterocycles.